The Hall–Kier alpha value is -1.62. The number of β-amino-alcohol motifs (C(OH)–C–C–N with tert-alkyl or cyclic N) is 1. The van der Waals surface area contributed by atoms with Gasteiger partial charge in [0.25, 0.3) is 0 Å². The van der Waals surface area contributed by atoms with Crippen LogP contribution in [0.4, 0.5) is 0 Å². The molecule has 1 unspecified atom stereocenters. The van der Waals surface area contributed by atoms with E-state index in [2.05, 4.69) is 23.1 Å². The van der Waals surface area contributed by atoms with Crippen molar-refractivity contribution in [2.75, 3.05) is 40.0 Å². The molecular weight excluding hydrogens is 302 g/mol. The largest absolute Gasteiger partial charge is 0.491 e. The number of aliphatic hydroxyl groups is 1. The lowest BCUT2D eigenvalue weighted by Gasteiger charge is -2.32. The second-order valence-electron chi connectivity index (χ2n) is 6.67. The SMILES string of the molecule is COCC1CCN(CC(O)COc2ccc3ccccc3c2)CC1. The number of ether oxygens (including phenoxy) is 2. The molecule has 0 radical (unpaired) electrons. The summed E-state index contributed by atoms with van der Waals surface area (Å²) in [4.78, 5) is 2.32. The summed E-state index contributed by atoms with van der Waals surface area (Å²) in [7, 11) is 1.76. The van der Waals surface area contributed by atoms with Gasteiger partial charge in [-0.05, 0) is 54.8 Å². The van der Waals surface area contributed by atoms with Crippen molar-refractivity contribution in [1.29, 1.82) is 0 Å². The van der Waals surface area contributed by atoms with Gasteiger partial charge in [0.05, 0.1) is 0 Å². The highest BCUT2D eigenvalue weighted by Gasteiger charge is 2.21. The number of rotatable bonds is 7. The van der Waals surface area contributed by atoms with E-state index in [0.717, 1.165) is 43.7 Å². The Morgan fingerprint density at radius 1 is 1.12 bits per heavy atom. The number of hydrogen-bond donors (Lipinski definition) is 1. The van der Waals surface area contributed by atoms with Gasteiger partial charge in [-0.25, -0.2) is 0 Å². The van der Waals surface area contributed by atoms with Crippen LogP contribution in [0.2, 0.25) is 0 Å². The third-order valence-electron chi connectivity index (χ3n) is 4.74. The van der Waals surface area contributed by atoms with Gasteiger partial charge < -0.3 is 19.5 Å². The lowest BCUT2D eigenvalue weighted by molar-refractivity contribution is 0.0440. The first kappa shape index (κ1) is 17.2. The summed E-state index contributed by atoms with van der Waals surface area (Å²) in [5.41, 5.74) is 0. The van der Waals surface area contributed by atoms with Gasteiger partial charge in [-0.2, -0.15) is 0 Å². The molecule has 0 saturated carbocycles. The van der Waals surface area contributed by atoms with E-state index in [9.17, 15) is 5.11 Å². The van der Waals surface area contributed by atoms with Gasteiger partial charge in [-0.15, -0.1) is 0 Å². The molecule has 0 aromatic heterocycles. The summed E-state index contributed by atoms with van der Waals surface area (Å²) >= 11 is 0. The van der Waals surface area contributed by atoms with Crippen molar-refractivity contribution in [2.24, 2.45) is 5.92 Å². The van der Waals surface area contributed by atoms with Crippen molar-refractivity contribution in [3.63, 3.8) is 0 Å². The minimum atomic E-state index is -0.463. The molecule has 0 aliphatic carbocycles. The number of benzene rings is 2. The predicted molar refractivity (Wildman–Crippen MR) is 96.5 cm³/mol. The van der Waals surface area contributed by atoms with E-state index in [1.54, 1.807) is 7.11 Å². The molecule has 0 bridgehead atoms. The lowest BCUT2D eigenvalue weighted by Crippen LogP contribution is -2.41. The minimum absolute atomic E-state index is 0.330. The topological polar surface area (TPSA) is 41.9 Å². The van der Waals surface area contributed by atoms with E-state index in [1.807, 2.05) is 24.3 Å². The molecule has 130 valence electrons. The predicted octanol–water partition coefficient (Wildman–Crippen LogP) is 2.94. The maximum Gasteiger partial charge on any atom is 0.120 e. The van der Waals surface area contributed by atoms with Crippen LogP contribution in [0.1, 0.15) is 12.8 Å². The molecule has 1 atom stereocenters. The molecule has 4 nitrogen and oxygen atoms in total. The second-order valence-corrected chi connectivity index (χ2v) is 6.67. The van der Waals surface area contributed by atoms with Crippen LogP contribution in [0.25, 0.3) is 10.8 Å². The molecule has 1 saturated heterocycles. The molecule has 2 aromatic rings. The standard InChI is InChI=1S/C20H27NO3/c1-23-14-16-8-10-21(11-9-16)13-19(22)15-24-20-7-6-17-4-2-3-5-18(17)12-20/h2-7,12,16,19,22H,8-11,13-15H2,1H3. The van der Waals surface area contributed by atoms with Crippen molar-refractivity contribution in [3.8, 4) is 5.75 Å². The zero-order chi connectivity index (χ0) is 16.8. The maximum atomic E-state index is 10.3. The van der Waals surface area contributed by atoms with Crippen molar-refractivity contribution in [3.05, 3.63) is 42.5 Å². The Labute approximate surface area is 144 Å². The van der Waals surface area contributed by atoms with Gasteiger partial charge in [-0.1, -0.05) is 30.3 Å². The van der Waals surface area contributed by atoms with Gasteiger partial charge in [0, 0.05) is 20.3 Å². The van der Waals surface area contributed by atoms with Crippen molar-refractivity contribution < 1.29 is 14.6 Å². The van der Waals surface area contributed by atoms with Gasteiger partial charge >= 0.3 is 0 Å². The summed E-state index contributed by atoms with van der Waals surface area (Å²) in [5, 5.41) is 12.6. The minimum Gasteiger partial charge on any atom is -0.491 e. The van der Waals surface area contributed by atoms with Crippen LogP contribution in [0.15, 0.2) is 42.5 Å². The molecule has 0 amide bonds. The zero-order valence-corrected chi connectivity index (χ0v) is 14.4. The molecule has 1 N–H and O–H groups in total. The lowest BCUT2D eigenvalue weighted by atomic mass is 9.97. The normalized spacial score (nSPS) is 17.9. The second kappa shape index (κ2) is 8.47. The first-order valence-corrected chi connectivity index (χ1v) is 8.75. The van der Waals surface area contributed by atoms with Crippen LogP contribution < -0.4 is 4.74 Å². The first-order chi connectivity index (χ1) is 11.7. The molecule has 3 rings (SSSR count). The van der Waals surface area contributed by atoms with Gasteiger partial charge in [0.15, 0.2) is 0 Å². The van der Waals surface area contributed by atoms with Crippen LogP contribution in [-0.4, -0.2) is 56.1 Å². The molecule has 24 heavy (non-hydrogen) atoms. The van der Waals surface area contributed by atoms with Crippen LogP contribution in [0.3, 0.4) is 0 Å². The van der Waals surface area contributed by atoms with Crippen molar-refractivity contribution in [1.82, 2.24) is 4.90 Å². The first-order valence-electron chi connectivity index (χ1n) is 8.75. The Bertz CT molecular complexity index is 638. The Kier molecular flexibility index (Phi) is 6.07. The summed E-state index contributed by atoms with van der Waals surface area (Å²) in [6.45, 7) is 3.91. The fourth-order valence-electron chi connectivity index (χ4n) is 3.37. The van der Waals surface area contributed by atoms with E-state index in [1.165, 1.54) is 5.39 Å². The Morgan fingerprint density at radius 3 is 2.62 bits per heavy atom. The smallest absolute Gasteiger partial charge is 0.120 e. The number of nitrogens with zero attached hydrogens (tertiary/aromatic N) is 1. The van der Waals surface area contributed by atoms with E-state index < -0.39 is 6.10 Å². The van der Waals surface area contributed by atoms with Crippen molar-refractivity contribution >= 4 is 10.8 Å². The molecule has 1 fully saturated rings. The molecule has 0 spiro atoms. The Morgan fingerprint density at radius 2 is 1.88 bits per heavy atom. The van der Waals surface area contributed by atoms with E-state index in [-0.39, 0.29) is 0 Å². The number of fused-ring (bicyclic) bond motifs is 1. The van der Waals surface area contributed by atoms with Crippen molar-refractivity contribution in [2.45, 2.75) is 18.9 Å². The van der Waals surface area contributed by atoms with Crippen LogP contribution in [-0.2, 0) is 4.74 Å². The zero-order valence-electron chi connectivity index (χ0n) is 14.4. The summed E-state index contributed by atoms with van der Waals surface area (Å²) in [6.07, 6.45) is 1.83. The fourth-order valence-corrected chi connectivity index (χ4v) is 3.37. The van der Waals surface area contributed by atoms with Crippen LogP contribution in [0, 0.1) is 5.92 Å². The number of aliphatic hydroxyl groups excluding tert-OH is 1. The van der Waals surface area contributed by atoms with E-state index in [0.29, 0.717) is 19.1 Å². The highest BCUT2D eigenvalue weighted by atomic mass is 16.5. The van der Waals surface area contributed by atoms with Crippen LogP contribution in [0.5, 0.6) is 5.75 Å². The summed E-state index contributed by atoms with van der Waals surface area (Å²) in [6, 6.07) is 14.3. The van der Waals surface area contributed by atoms with Gasteiger partial charge in [-0.3, -0.25) is 0 Å². The highest BCUT2D eigenvalue weighted by Crippen LogP contribution is 2.21. The average molecular weight is 329 g/mol. The van der Waals surface area contributed by atoms with E-state index >= 15 is 0 Å². The molecule has 4 heteroatoms. The maximum absolute atomic E-state index is 10.3. The molecule has 1 heterocycles. The van der Waals surface area contributed by atoms with Gasteiger partial charge in [0.2, 0.25) is 0 Å². The monoisotopic (exact) mass is 329 g/mol. The molecule has 1 aliphatic heterocycles. The number of likely N-dealkylation sites (tertiary alicyclic amines) is 1. The summed E-state index contributed by atoms with van der Waals surface area (Å²) in [5.74, 6) is 1.48. The number of methoxy groups -OCH3 is 1. The molecule has 1 aliphatic rings. The average Bonchev–Trinajstić information content (AvgIpc) is 2.62. The van der Waals surface area contributed by atoms with E-state index in [4.69, 9.17) is 9.47 Å². The van der Waals surface area contributed by atoms with Gasteiger partial charge in [0.1, 0.15) is 18.5 Å². The fraction of sp³-hybridized carbons (Fsp3) is 0.500. The highest BCUT2D eigenvalue weighted by molar-refractivity contribution is 5.83. The molecular formula is C20H27NO3. The number of piperidine rings is 1. The third-order valence-corrected chi connectivity index (χ3v) is 4.74. The Balaban J connectivity index is 1.44. The third kappa shape index (κ3) is 4.69. The quantitative estimate of drug-likeness (QED) is 0.848. The summed E-state index contributed by atoms with van der Waals surface area (Å²) < 4.78 is 11.0. The van der Waals surface area contributed by atoms with Crippen LogP contribution >= 0.6 is 0 Å². The number of hydrogen-bond acceptors (Lipinski definition) is 4. The molecule has 2 aromatic carbocycles.